The Labute approximate surface area is 95.7 Å². The van der Waals surface area contributed by atoms with Gasteiger partial charge in [-0.3, -0.25) is 4.68 Å². The zero-order chi connectivity index (χ0) is 10.7. The topological polar surface area (TPSA) is 55.6 Å². The molecule has 0 aliphatic heterocycles. The second kappa shape index (κ2) is 4.39. The highest BCUT2D eigenvalue weighted by molar-refractivity contribution is 9.10. The summed E-state index contributed by atoms with van der Waals surface area (Å²) >= 11 is 3.40. The Hall–Kier alpha value is -1.43. The summed E-state index contributed by atoms with van der Waals surface area (Å²) < 4.78 is 2.60. The van der Waals surface area contributed by atoms with Crippen molar-refractivity contribution in [1.29, 1.82) is 0 Å². The third kappa shape index (κ3) is 2.53. The third-order valence-electron chi connectivity index (χ3n) is 1.82. The van der Waals surface area contributed by atoms with E-state index in [-0.39, 0.29) is 0 Å². The van der Waals surface area contributed by atoms with Crippen LogP contribution in [0.1, 0.15) is 5.82 Å². The molecule has 0 saturated carbocycles. The van der Waals surface area contributed by atoms with Crippen LogP contribution in [-0.2, 0) is 13.6 Å². The lowest BCUT2D eigenvalue weighted by Gasteiger charge is -2.03. The van der Waals surface area contributed by atoms with Gasteiger partial charge in [0.1, 0.15) is 12.1 Å². The van der Waals surface area contributed by atoms with Gasteiger partial charge in [0.05, 0.1) is 11.0 Å². The highest BCUT2D eigenvalue weighted by Gasteiger charge is 2.01. The molecule has 15 heavy (non-hydrogen) atoms. The Morgan fingerprint density at radius 1 is 1.47 bits per heavy atom. The van der Waals surface area contributed by atoms with Crippen LogP contribution >= 0.6 is 15.9 Å². The molecule has 0 aliphatic carbocycles. The first-order chi connectivity index (χ1) is 7.25. The van der Waals surface area contributed by atoms with E-state index in [1.165, 1.54) is 0 Å². The molecule has 0 bridgehead atoms. The maximum absolute atomic E-state index is 4.18. The molecule has 5 nitrogen and oxygen atoms in total. The number of pyridine rings is 1. The number of nitrogens with one attached hydrogen (secondary N) is 1. The molecule has 0 unspecified atom stereocenters. The van der Waals surface area contributed by atoms with E-state index in [2.05, 4.69) is 36.3 Å². The number of hydrogen-bond donors (Lipinski definition) is 1. The SMILES string of the molecule is Cn1cnc(CNc2ncccc2Br)n1. The Kier molecular flexibility index (Phi) is 2.96. The van der Waals surface area contributed by atoms with Crippen molar-refractivity contribution >= 4 is 21.7 Å². The molecule has 0 radical (unpaired) electrons. The molecule has 2 heterocycles. The lowest BCUT2D eigenvalue weighted by Crippen LogP contribution is -2.04. The quantitative estimate of drug-likeness (QED) is 0.918. The zero-order valence-electron chi connectivity index (χ0n) is 8.18. The first-order valence-corrected chi connectivity index (χ1v) is 5.24. The van der Waals surface area contributed by atoms with Gasteiger partial charge < -0.3 is 5.32 Å². The van der Waals surface area contributed by atoms with E-state index in [1.807, 2.05) is 19.2 Å². The molecule has 2 aromatic rings. The van der Waals surface area contributed by atoms with Crippen molar-refractivity contribution in [3.63, 3.8) is 0 Å². The summed E-state index contributed by atoms with van der Waals surface area (Å²) in [6, 6.07) is 3.80. The normalized spacial score (nSPS) is 10.3. The van der Waals surface area contributed by atoms with E-state index in [0.29, 0.717) is 6.54 Å². The third-order valence-corrected chi connectivity index (χ3v) is 2.46. The highest BCUT2D eigenvalue weighted by Crippen LogP contribution is 2.18. The second-order valence-corrected chi connectivity index (χ2v) is 3.88. The van der Waals surface area contributed by atoms with Gasteiger partial charge >= 0.3 is 0 Å². The van der Waals surface area contributed by atoms with Gasteiger partial charge in [-0.05, 0) is 28.1 Å². The minimum Gasteiger partial charge on any atom is -0.362 e. The van der Waals surface area contributed by atoms with Crippen LogP contribution in [0.3, 0.4) is 0 Å². The highest BCUT2D eigenvalue weighted by atomic mass is 79.9. The molecule has 78 valence electrons. The van der Waals surface area contributed by atoms with Gasteiger partial charge in [-0.25, -0.2) is 9.97 Å². The molecule has 0 atom stereocenters. The van der Waals surface area contributed by atoms with Gasteiger partial charge in [0.15, 0.2) is 5.82 Å². The van der Waals surface area contributed by atoms with Crippen LogP contribution in [0.15, 0.2) is 29.1 Å². The largest absolute Gasteiger partial charge is 0.362 e. The van der Waals surface area contributed by atoms with Crippen LogP contribution < -0.4 is 5.32 Å². The number of aromatic nitrogens is 4. The molecule has 6 heteroatoms. The average Bonchev–Trinajstić information content (AvgIpc) is 2.63. The van der Waals surface area contributed by atoms with Crippen LogP contribution in [0.4, 0.5) is 5.82 Å². The molecule has 0 aliphatic rings. The summed E-state index contributed by atoms with van der Waals surface area (Å²) in [6.45, 7) is 0.566. The molecule has 2 aromatic heterocycles. The lowest BCUT2D eigenvalue weighted by atomic mass is 10.4. The number of rotatable bonds is 3. The van der Waals surface area contributed by atoms with Gasteiger partial charge in [0.25, 0.3) is 0 Å². The van der Waals surface area contributed by atoms with E-state index in [9.17, 15) is 0 Å². The summed E-state index contributed by atoms with van der Waals surface area (Å²) in [7, 11) is 1.84. The number of nitrogens with zero attached hydrogens (tertiary/aromatic N) is 4. The number of halogens is 1. The Bertz CT molecular complexity index is 453. The lowest BCUT2D eigenvalue weighted by molar-refractivity contribution is 0.747. The average molecular weight is 268 g/mol. The van der Waals surface area contributed by atoms with Gasteiger partial charge in [-0.2, -0.15) is 5.10 Å². The van der Waals surface area contributed by atoms with Crippen molar-refractivity contribution in [1.82, 2.24) is 19.7 Å². The van der Waals surface area contributed by atoms with Crippen molar-refractivity contribution in [3.05, 3.63) is 35.0 Å². The van der Waals surface area contributed by atoms with Crippen molar-refractivity contribution in [2.24, 2.45) is 7.05 Å². The molecule has 0 saturated heterocycles. The standard InChI is InChI=1S/C9H10BrN5/c1-15-6-13-8(14-15)5-12-9-7(10)3-2-4-11-9/h2-4,6H,5H2,1H3,(H,11,12). The predicted octanol–water partition coefficient (Wildman–Crippen LogP) is 1.58. The summed E-state index contributed by atoms with van der Waals surface area (Å²) in [6.07, 6.45) is 3.41. The van der Waals surface area contributed by atoms with Gasteiger partial charge in [0, 0.05) is 13.2 Å². The molecule has 2 rings (SSSR count). The van der Waals surface area contributed by atoms with E-state index in [0.717, 1.165) is 16.1 Å². The monoisotopic (exact) mass is 267 g/mol. The summed E-state index contributed by atoms with van der Waals surface area (Å²) in [5.74, 6) is 1.54. The van der Waals surface area contributed by atoms with Crippen molar-refractivity contribution in [2.45, 2.75) is 6.54 Å². The fourth-order valence-electron chi connectivity index (χ4n) is 1.14. The Balaban J connectivity index is 2.02. The van der Waals surface area contributed by atoms with E-state index >= 15 is 0 Å². The van der Waals surface area contributed by atoms with Gasteiger partial charge in [-0.15, -0.1) is 0 Å². The summed E-state index contributed by atoms with van der Waals surface area (Å²) in [5.41, 5.74) is 0. The molecule has 0 spiro atoms. The van der Waals surface area contributed by atoms with Gasteiger partial charge in [-0.1, -0.05) is 0 Å². The maximum Gasteiger partial charge on any atom is 0.169 e. The molecular formula is C9H10BrN5. The number of anilines is 1. The van der Waals surface area contributed by atoms with Crippen molar-refractivity contribution in [3.8, 4) is 0 Å². The molecule has 0 fully saturated rings. The summed E-state index contributed by atoms with van der Waals surface area (Å²) in [5, 5.41) is 7.30. The Morgan fingerprint density at radius 2 is 2.33 bits per heavy atom. The first kappa shape index (κ1) is 10.1. The van der Waals surface area contributed by atoms with Crippen molar-refractivity contribution in [2.75, 3.05) is 5.32 Å². The zero-order valence-corrected chi connectivity index (χ0v) is 9.77. The minimum absolute atomic E-state index is 0.566. The molecule has 0 amide bonds. The predicted molar refractivity (Wildman–Crippen MR) is 60.3 cm³/mol. The second-order valence-electron chi connectivity index (χ2n) is 3.02. The van der Waals surface area contributed by atoms with E-state index < -0.39 is 0 Å². The van der Waals surface area contributed by atoms with E-state index in [4.69, 9.17) is 0 Å². The van der Waals surface area contributed by atoms with E-state index in [1.54, 1.807) is 17.2 Å². The minimum atomic E-state index is 0.566. The molecule has 1 N–H and O–H groups in total. The maximum atomic E-state index is 4.18. The van der Waals surface area contributed by atoms with Crippen LogP contribution in [0.25, 0.3) is 0 Å². The van der Waals surface area contributed by atoms with Crippen molar-refractivity contribution < 1.29 is 0 Å². The van der Waals surface area contributed by atoms with Crippen LogP contribution in [0.5, 0.6) is 0 Å². The number of aryl methyl sites for hydroxylation is 1. The first-order valence-electron chi connectivity index (χ1n) is 4.44. The summed E-state index contributed by atoms with van der Waals surface area (Å²) in [4.78, 5) is 8.29. The number of hydrogen-bond acceptors (Lipinski definition) is 4. The fraction of sp³-hybridized carbons (Fsp3) is 0.222. The van der Waals surface area contributed by atoms with Crippen LogP contribution in [0.2, 0.25) is 0 Å². The smallest absolute Gasteiger partial charge is 0.169 e. The van der Waals surface area contributed by atoms with Crippen LogP contribution in [-0.4, -0.2) is 19.7 Å². The fourth-order valence-corrected chi connectivity index (χ4v) is 1.54. The van der Waals surface area contributed by atoms with Gasteiger partial charge in [0.2, 0.25) is 0 Å². The molecule has 0 aromatic carbocycles. The van der Waals surface area contributed by atoms with Crippen LogP contribution in [0, 0.1) is 0 Å². The Morgan fingerprint density at radius 3 is 3.00 bits per heavy atom. The molecular weight excluding hydrogens is 258 g/mol.